The predicted molar refractivity (Wildman–Crippen MR) is 117 cm³/mol. The van der Waals surface area contributed by atoms with Gasteiger partial charge in [0, 0.05) is 28.1 Å². The van der Waals surface area contributed by atoms with Crippen molar-refractivity contribution in [2.45, 2.75) is 6.92 Å². The Kier molecular flexibility index (Phi) is 3.75. The normalized spacial score (nSPS) is 12.4. The molecule has 0 aliphatic carbocycles. The molecular formula is C23H20BN3. The average Bonchev–Trinajstić information content (AvgIpc) is 2.70. The molecule has 4 aromatic carbocycles. The zero-order valence-electron chi connectivity index (χ0n) is 15.2. The summed E-state index contributed by atoms with van der Waals surface area (Å²) in [4.78, 5) is 0. The van der Waals surface area contributed by atoms with Gasteiger partial charge in [0.05, 0.1) is 0 Å². The highest BCUT2D eigenvalue weighted by molar-refractivity contribution is 6.81. The maximum absolute atomic E-state index is 3.66. The maximum atomic E-state index is 3.66. The van der Waals surface area contributed by atoms with E-state index in [1.54, 1.807) is 0 Å². The fourth-order valence-electron chi connectivity index (χ4n) is 3.74. The summed E-state index contributed by atoms with van der Waals surface area (Å²) in [5.74, 6) is 0. The molecule has 0 unspecified atom stereocenters. The van der Waals surface area contributed by atoms with Gasteiger partial charge in [-0.25, -0.2) is 0 Å². The minimum atomic E-state index is -0.000326. The van der Waals surface area contributed by atoms with Gasteiger partial charge in [0.15, 0.2) is 0 Å². The first kappa shape index (κ1) is 15.8. The maximum Gasteiger partial charge on any atom is 0.408 e. The van der Waals surface area contributed by atoms with E-state index in [2.05, 4.69) is 108 Å². The smallest absolute Gasteiger partial charge is 0.405 e. The fourth-order valence-corrected chi connectivity index (χ4v) is 3.74. The summed E-state index contributed by atoms with van der Waals surface area (Å²) in [6.07, 6.45) is 0. The molecule has 130 valence electrons. The molecule has 1 aliphatic heterocycles. The van der Waals surface area contributed by atoms with Crippen LogP contribution < -0.4 is 21.2 Å². The largest absolute Gasteiger partial charge is 0.408 e. The van der Waals surface area contributed by atoms with Gasteiger partial charge in [-0.1, -0.05) is 60.2 Å². The Balaban J connectivity index is 1.52. The quantitative estimate of drug-likeness (QED) is 0.449. The van der Waals surface area contributed by atoms with E-state index in [9.17, 15) is 0 Å². The summed E-state index contributed by atoms with van der Waals surface area (Å²) in [6, 6.07) is 29.7. The van der Waals surface area contributed by atoms with Crippen LogP contribution in [-0.2, 0) is 0 Å². The fraction of sp³-hybridized carbons (Fsp3) is 0.0435. The van der Waals surface area contributed by atoms with Crippen LogP contribution in [0.25, 0.3) is 10.8 Å². The van der Waals surface area contributed by atoms with Crippen molar-refractivity contribution >= 4 is 46.0 Å². The zero-order valence-corrected chi connectivity index (χ0v) is 15.2. The van der Waals surface area contributed by atoms with Crippen molar-refractivity contribution in [3.8, 4) is 0 Å². The van der Waals surface area contributed by atoms with Gasteiger partial charge in [0.1, 0.15) is 0 Å². The molecule has 0 atom stereocenters. The van der Waals surface area contributed by atoms with Crippen LogP contribution >= 0.6 is 0 Å². The lowest BCUT2D eigenvalue weighted by Gasteiger charge is -2.28. The SMILES string of the molecule is Cc1ccc(Nc2ccccc2B2Nc3cccc4cccc(c34)N2)cc1. The monoisotopic (exact) mass is 349 g/mol. The van der Waals surface area contributed by atoms with Gasteiger partial charge in [0.25, 0.3) is 0 Å². The third-order valence-corrected chi connectivity index (χ3v) is 5.11. The van der Waals surface area contributed by atoms with Crippen molar-refractivity contribution in [1.29, 1.82) is 0 Å². The van der Waals surface area contributed by atoms with E-state index in [0.29, 0.717) is 0 Å². The van der Waals surface area contributed by atoms with Crippen LogP contribution in [0.1, 0.15) is 5.56 Å². The van der Waals surface area contributed by atoms with Crippen LogP contribution in [0, 0.1) is 6.92 Å². The van der Waals surface area contributed by atoms with Crippen LogP contribution in [0.5, 0.6) is 0 Å². The summed E-state index contributed by atoms with van der Waals surface area (Å²) in [5, 5.41) is 13.4. The van der Waals surface area contributed by atoms with Crippen LogP contribution in [0.4, 0.5) is 22.7 Å². The highest BCUT2D eigenvalue weighted by Gasteiger charge is 2.27. The van der Waals surface area contributed by atoms with E-state index in [4.69, 9.17) is 0 Å². The molecule has 1 heterocycles. The first-order valence-electron chi connectivity index (χ1n) is 9.25. The van der Waals surface area contributed by atoms with E-state index in [1.807, 2.05) is 0 Å². The molecule has 0 saturated heterocycles. The Hall–Kier alpha value is -3.40. The first-order valence-corrected chi connectivity index (χ1v) is 9.25. The van der Waals surface area contributed by atoms with Crippen molar-refractivity contribution < 1.29 is 0 Å². The topological polar surface area (TPSA) is 36.1 Å². The molecule has 1 aliphatic rings. The van der Waals surface area contributed by atoms with Crippen molar-refractivity contribution in [1.82, 2.24) is 0 Å². The van der Waals surface area contributed by atoms with Crippen LogP contribution in [0.15, 0.2) is 84.9 Å². The number of hydrogen-bond acceptors (Lipinski definition) is 3. The molecule has 27 heavy (non-hydrogen) atoms. The molecule has 0 spiro atoms. The van der Waals surface area contributed by atoms with Gasteiger partial charge in [-0.15, -0.1) is 0 Å². The Bertz CT molecular complexity index is 1080. The van der Waals surface area contributed by atoms with Gasteiger partial charge in [-0.3, -0.25) is 0 Å². The third kappa shape index (κ3) is 2.89. The molecule has 0 saturated carbocycles. The van der Waals surface area contributed by atoms with E-state index in [1.165, 1.54) is 21.8 Å². The minimum Gasteiger partial charge on any atom is -0.405 e. The second-order valence-corrected chi connectivity index (χ2v) is 7.01. The number of para-hydroxylation sites is 1. The molecule has 3 N–H and O–H groups in total. The second-order valence-electron chi connectivity index (χ2n) is 7.01. The molecule has 0 radical (unpaired) electrons. The number of hydrogen-bond donors (Lipinski definition) is 3. The number of nitrogens with one attached hydrogen (secondary N) is 3. The van der Waals surface area contributed by atoms with Gasteiger partial charge >= 0.3 is 6.98 Å². The Morgan fingerprint density at radius 1 is 0.704 bits per heavy atom. The molecular weight excluding hydrogens is 329 g/mol. The number of anilines is 4. The van der Waals surface area contributed by atoms with Gasteiger partial charge in [-0.2, -0.15) is 0 Å². The van der Waals surface area contributed by atoms with Crippen LogP contribution in [-0.4, -0.2) is 6.98 Å². The standard InChI is InChI=1S/C23H20BN3/c1-16-12-14-18(15-13-16)25-20-9-3-2-8-19(20)24-26-21-10-4-6-17-7-5-11-22(27-24)23(17)21/h2-15,25-27H,1H3. The predicted octanol–water partition coefficient (Wildman–Crippen LogP) is 5.12. The molecule has 0 fully saturated rings. The van der Waals surface area contributed by atoms with Crippen molar-refractivity contribution in [2.75, 3.05) is 15.8 Å². The number of aryl methyl sites for hydroxylation is 1. The Morgan fingerprint density at radius 3 is 2.07 bits per heavy atom. The first-order chi connectivity index (χ1) is 13.3. The van der Waals surface area contributed by atoms with Crippen LogP contribution in [0.3, 0.4) is 0 Å². The van der Waals surface area contributed by atoms with Crippen molar-refractivity contribution in [3.63, 3.8) is 0 Å². The highest BCUT2D eigenvalue weighted by atomic mass is 15.0. The molecule has 0 bridgehead atoms. The Morgan fingerprint density at radius 2 is 1.37 bits per heavy atom. The molecule has 0 amide bonds. The second kappa shape index (κ2) is 6.40. The summed E-state index contributed by atoms with van der Waals surface area (Å²) in [5.41, 5.74) is 6.96. The van der Waals surface area contributed by atoms with E-state index >= 15 is 0 Å². The highest BCUT2D eigenvalue weighted by Crippen LogP contribution is 2.34. The van der Waals surface area contributed by atoms with Gasteiger partial charge < -0.3 is 15.8 Å². The zero-order chi connectivity index (χ0) is 18.2. The molecule has 5 rings (SSSR count). The molecule has 0 aromatic heterocycles. The van der Waals surface area contributed by atoms with Crippen molar-refractivity contribution in [2.24, 2.45) is 0 Å². The van der Waals surface area contributed by atoms with Crippen LogP contribution in [0.2, 0.25) is 0 Å². The third-order valence-electron chi connectivity index (χ3n) is 5.11. The Labute approximate surface area is 159 Å². The van der Waals surface area contributed by atoms with E-state index in [0.717, 1.165) is 22.7 Å². The summed E-state index contributed by atoms with van der Waals surface area (Å²) in [7, 11) is 0. The lowest BCUT2D eigenvalue weighted by atomic mass is 9.65. The van der Waals surface area contributed by atoms with Crippen molar-refractivity contribution in [3.05, 3.63) is 90.5 Å². The molecule has 4 heteroatoms. The van der Waals surface area contributed by atoms with Gasteiger partial charge in [-0.05, 0) is 48.1 Å². The minimum absolute atomic E-state index is 0.000326. The molecule has 4 aromatic rings. The number of benzene rings is 4. The van der Waals surface area contributed by atoms with E-state index in [-0.39, 0.29) is 6.98 Å². The molecule has 3 nitrogen and oxygen atoms in total. The lowest BCUT2D eigenvalue weighted by Crippen LogP contribution is -2.48. The summed E-state index contributed by atoms with van der Waals surface area (Å²) in [6.45, 7) is 2.10. The number of rotatable bonds is 3. The lowest BCUT2D eigenvalue weighted by molar-refractivity contribution is 1.46. The average molecular weight is 349 g/mol. The van der Waals surface area contributed by atoms with Gasteiger partial charge in [0.2, 0.25) is 0 Å². The summed E-state index contributed by atoms with van der Waals surface area (Å²) >= 11 is 0. The summed E-state index contributed by atoms with van der Waals surface area (Å²) < 4.78 is 0. The van der Waals surface area contributed by atoms with E-state index < -0.39 is 0 Å².